The number of benzene rings is 1. The van der Waals surface area contributed by atoms with Gasteiger partial charge in [-0.05, 0) is 12.1 Å². The summed E-state index contributed by atoms with van der Waals surface area (Å²) in [6, 6.07) is 9.44. The molecule has 1 aliphatic rings. The van der Waals surface area contributed by atoms with Gasteiger partial charge in [0.25, 0.3) is 5.91 Å². The number of rotatable bonds is 3. The maximum Gasteiger partial charge on any atom is 0.261 e. The smallest absolute Gasteiger partial charge is 0.261 e. The first-order valence-electron chi connectivity index (χ1n) is 8.22. The molecule has 1 aliphatic heterocycles. The molecule has 0 saturated carbocycles. The summed E-state index contributed by atoms with van der Waals surface area (Å²) in [7, 11) is 1.73. The molecule has 3 rings (SSSR count). The van der Waals surface area contributed by atoms with Crippen molar-refractivity contribution in [3.8, 4) is 0 Å². The zero-order valence-electron chi connectivity index (χ0n) is 14.4. The van der Waals surface area contributed by atoms with Gasteiger partial charge >= 0.3 is 0 Å². The average molecular weight is 339 g/mol. The van der Waals surface area contributed by atoms with Gasteiger partial charge in [0.15, 0.2) is 0 Å². The third-order valence-electron chi connectivity index (χ3n) is 4.34. The lowest BCUT2D eigenvalue weighted by Gasteiger charge is -2.34. The van der Waals surface area contributed by atoms with Crippen LogP contribution in [-0.2, 0) is 4.79 Å². The van der Waals surface area contributed by atoms with Gasteiger partial charge in [0, 0.05) is 58.2 Å². The fourth-order valence-electron chi connectivity index (χ4n) is 2.78. The maximum atomic E-state index is 12.5. The Balaban J connectivity index is 1.66. The zero-order valence-corrected chi connectivity index (χ0v) is 14.4. The van der Waals surface area contributed by atoms with Crippen LogP contribution in [0.3, 0.4) is 0 Å². The number of piperazine rings is 1. The van der Waals surface area contributed by atoms with E-state index in [1.807, 2.05) is 40.1 Å². The monoisotopic (exact) mass is 339 g/mol. The van der Waals surface area contributed by atoms with E-state index >= 15 is 0 Å². The highest BCUT2D eigenvalue weighted by Crippen LogP contribution is 2.16. The highest BCUT2D eigenvalue weighted by atomic mass is 16.2. The molecule has 1 aromatic heterocycles. The van der Waals surface area contributed by atoms with E-state index in [0.29, 0.717) is 37.7 Å². The molecular weight excluding hydrogens is 318 g/mol. The lowest BCUT2D eigenvalue weighted by atomic mass is 10.2. The molecule has 0 unspecified atom stereocenters. The number of aromatic nitrogens is 2. The molecule has 0 radical (unpaired) electrons. The standard InChI is InChI=1S/C18H21N5O2/c1-14(24)22-8-10-23(11-9-22)18-19-12-15(13-20-18)17(25)21(2)16-6-4-3-5-7-16/h3-7,12-13H,8-11H2,1-2H3. The first-order valence-corrected chi connectivity index (χ1v) is 8.22. The summed E-state index contributed by atoms with van der Waals surface area (Å²) in [5.41, 5.74) is 1.26. The Morgan fingerprint density at radius 1 is 1.00 bits per heavy atom. The Morgan fingerprint density at radius 3 is 2.16 bits per heavy atom. The van der Waals surface area contributed by atoms with Crippen LogP contribution in [0, 0.1) is 0 Å². The Labute approximate surface area is 146 Å². The van der Waals surface area contributed by atoms with Crippen molar-refractivity contribution >= 4 is 23.5 Å². The minimum Gasteiger partial charge on any atom is -0.339 e. The second-order valence-corrected chi connectivity index (χ2v) is 5.96. The SMILES string of the molecule is CC(=O)N1CCN(c2ncc(C(=O)N(C)c3ccccc3)cn2)CC1. The molecule has 7 heteroatoms. The molecule has 0 spiro atoms. The van der Waals surface area contributed by atoms with Crippen LogP contribution >= 0.6 is 0 Å². The minimum absolute atomic E-state index is 0.0884. The number of para-hydroxylation sites is 1. The Morgan fingerprint density at radius 2 is 1.60 bits per heavy atom. The molecule has 2 aromatic rings. The van der Waals surface area contributed by atoms with Crippen LogP contribution in [0.5, 0.6) is 0 Å². The van der Waals surface area contributed by atoms with Crippen molar-refractivity contribution in [2.75, 3.05) is 43.0 Å². The summed E-state index contributed by atoms with van der Waals surface area (Å²) in [5, 5.41) is 0. The van der Waals surface area contributed by atoms with Gasteiger partial charge < -0.3 is 14.7 Å². The molecule has 7 nitrogen and oxygen atoms in total. The van der Waals surface area contributed by atoms with E-state index in [-0.39, 0.29) is 11.8 Å². The second kappa shape index (κ2) is 7.29. The van der Waals surface area contributed by atoms with Gasteiger partial charge in [-0.15, -0.1) is 0 Å². The highest BCUT2D eigenvalue weighted by Gasteiger charge is 2.21. The van der Waals surface area contributed by atoms with Crippen molar-refractivity contribution in [2.45, 2.75) is 6.92 Å². The minimum atomic E-state index is -0.154. The third kappa shape index (κ3) is 3.76. The van der Waals surface area contributed by atoms with E-state index in [0.717, 1.165) is 5.69 Å². The van der Waals surface area contributed by atoms with Crippen LogP contribution in [-0.4, -0.2) is 59.9 Å². The molecular formula is C18H21N5O2. The molecule has 0 N–H and O–H groups in total. The fraction of sp³-hybridized carbons (Fsp3) is 0.333. The molecule has 130 valence electrons. The third-order valence-corrected chi connectivity index (χ3v) is 4.34. The second-order valence-electron chi connectivity index (χ2n) is 5.96. The average Bonchev–Trinajstić information content (AvgIpc) is 2.67. The van der Waals surface area contributed by atoms with E-state index < -0.39 is 0 Å². The Hall–Kier alpha value is -2.96. The summed E-state index contributed by atoms with van der Waals surface area (Å²) in [5.74, 6) is 0.520. The predicted molar refractivity (Wildman–Crippen MR) is 95.7 cm³/mol. The summed E-state index contributed by atoms with van der Waals surface area (Å²) in [4.78, 5) is 38.0. The molecule has 0 bridgehead atoms. The number of nitrogens with zero attached hydrogens (tertiary/aromatic N) is 5. The van der Waals surface area contributed by atoms with Gasteiger partial charge in [-0.2, -0.15) is 0 Å². The van der Waals surface area contributed by atoms with E-state index in [4.69, 9.17) is 0 Å². The van der Waals surface area contributed by atoms with E-state index in [1.54, 1.807) is 31.3 Å². The van der Waals surface area contributed by atoms with Gasteiger partial charge in [0.1, 0.15) is 0 Å². The van der Waals surface area contributed by atoms with Crippen molar-refractivity contribution in [1.82, 2.24) is 14.9 Å². The van der Waals surface area contributed by atoms with Crippen LogP contribution in [0.15, 0.2) is 42.7 Å². The molecule has 0 atom stereocenters. The van der Waals surface area contributed by atoms with Gasteiger partial charge in [0.2, 0.25) is 11.9 Å². The number of anilines is 2. The zero-order chi connectivity index (χ0) is 17.8. The van der Waals surface area contributed by atoms with Crippen molar-refractivity contribution < 1.29 is 9.59 Å². The van der Waals surface area contributed by atoms with Gasteiger partial charge in [-0.25, -0.2) is 9.97 Å². The lowest BCUT2D eigenvalue weighted by Crippen LogP contribution is -2.48. The van der Waals surface area contributed by atoms with Crippen LogP contribution < -0.4 is 9.80 Å². The van der Waals surface area contributed by atoms with Crippen LogP contribution in [0.1, 0.15) is 17.3 Å². The van der Waals surface area contributed by atoms with Crippen LogP contribution in [0.25, 0.3) is 0 Å². The normalized spacial score (nSPS) is 14.3. The van der Waals surface area contributed by atoms with Gasteiger partial charge in [-0.3, -0.25) is 9.59 Å². The molecule has 1 fully saturated rings. The fourth-order valence-corrected chi connectivity index (χ4v) is 2.78. The Bertz CT molecular complexity index is 740. The van der Waals surface area contributed by atoms with E-state index in [1.165, 1.54) is 0 Å². The molecule has 25 heavy (non-hydrogen) atoms. The number of amides is 2. The molecule has 1 saturated heterocycles. The highest BCUT2D eigenvalue weighted by molar-refractivity contribution is 6.05. The number of hydrogen-bond acceptors (Lipinski definition) is 5. The quantitative estimate of drug-likeness (QED) is 0.846. The summed E-state index contributed by atoms with van der Waals surface area (Å²) >= 11 is 0. The van der Waals surface area contributed by atoms with Crippen molar-refractivity contribution in [3.05, 3.63) is 48.3 Å². The Kier molecular flexibility index (Phi) is 4.92. The summed E-state index contributed by atoms with van der Waals surface area (Å²) in [6.07, 6.45) is 3.11. The number of carbonyl (C=O) groups excluding carboxylic acids is 2. The van der Waals surface area contributed by atoms with Crippen LogP contribution in [0.2, 0.25) is 0 Å². The summed E-state index contributed by atoms with van der Waals surface area (Å²) in [6.45, 7) is 4.29. The maximum absolute atomic E-state index is 12.5. The topological polar surface area (TPSA) is 69.6 Å². The van der Waals surface area contributed by atoms with Crippen LogP contribution in [0.4, 0.5) is 11.6 Å². The van der Waals surface area contributed by atoms with Gasteiger partial charge in [0.05, 0.1) is 5.56 Å². The first-order chi connectivity index (χ1) is 12.1. The molecule has 0 aliphatic carbocycles. The summed E-state index contributed by atoms with van der Waals surface area (Å²) < 4.78 is 0. The number of hydrogen-bond donors (Lipinski definition) is 0. The van der Waals surface area contributed by atoms with Crippen molar-refractivity contribution in [2.24, 2.45) is 0 Å². The molecule has 2 heterocycles. The largest absolute Gasteiger partial charge is 0.339 e. The van der Waals surface area contributed by atoms with E-state index in [2.05, 4.69) is 9.97 Å². The lowest BCUT2D eigenvalue weighted by molar-refractivity contribution is -0.129. The van der Waals surface area contributed by atoms with E-state index in [9.17, 15) is 9.59 Å². The first kappa shape index (κ1) is 16.9. The molecule has 2 amide bonds. The van der Waals surface area contributed by atoms with Crippen molar-refractivity contribution in [3.63, 3.8) is 0 Å². The van der Waals surface area contributed by atoms with Crippen molar-refractivity contribution in [1.29, 1.82) is 0 Å². The predicted octanol–water partition coefficient (Wildman–Crippen LogP) is 1.42. The molecule has 1 aromatic carbocycles. The number of carbonyl (C=O) groups is 2. The van der Waals surface area contributed by atoms with Gasteiger partial charge in [-0.1, -0.05) is 18.2 Å².